The zero-order valence-corrected chi connectivity index (χ0v) is 83.6. The average molecular weight is 2010 g/mol. The van der Waals surface area contributed by atoms with Crippen molar-refractivity contribution in [2.45, 2.75) is 104 Å². The van der Waals surface area contributed by atoms with Crippen molar-refractivity contribution < 1.29 is 22.3 Å². The molecule has 0 amide bonds. The predicted octanol–water partition coefficient (Wildman–Crippen LogP) is 29.8. The van der Waals surface area contributed by atoms with Gasteiger partial charge in [0.25, 0.3) is 0 Å². The number of aromatic nitrogens is 14. The zero-order valence-electron chi connectivity index (χ0n) is 80.6. The van der Waals surface area contributed by atoms with Gasteiger partial charge in [0.2, 0.25) is 22.7 Å². The van der Waals surface area contributed by atoms with E-state index in [4.69, 9.17) is 106 Å². The molecule has 27 nitrogen and oxygen atoms in total. The van der Waals surface area contributed by atoms with Crippen LogP contribution in [0.5, 0.6) is 5.75 Å². The number of hydrogen-bond acceptors (Lipinski definition) is 21. The molecule has 0 unspecified atom stereocenters. The number of hydrogen-bond donors (Lipinski definition) is 0. The minimum atomic E-state index is -0.561. The summed E-state index contributed by atoms with van der Waals surface area (Å²) in [5.41, 5.74) is 27.6. The van der Waals surface area contributed by atoms with Crippen molar-refractivity contribution in [3.05, 3.63) is 350 Å². The molecule has 0 radical (unpaired) electrons. The summed E-state index contributed by atoms with van der Waals surface area (Å²) in [4.78, 5) is 82.9. The number of halogens is 8. The van der Waals surface area contributed by atoms with E-state index in [-0.39, 0.29) is 109 Å². The molecule has 21 rings (SSSR count). The molecule has 7 heterocycles. The Morgan fingerprint density at radius 1 is 0.238 bits per heavy atom. The first-order chi connectivity index (χ1) is 70.3. The molecular weight excluding hydrogens is 1940 g/mol. The highest BCUT2D eigenvalue weighted by atomic mass is 35.5. The topological polar surface area (TPSA) is 359 Å². The van der Waals surface area contributed by atoms with E-state index in [1.807, 2.05) is 133 Å². The number of ether oxygens (including phenoxy) is 1. The highest BCUT2D eigenvalue weighted by molar-refractivity contribution is 6.38. The highest BCUT2D eigenvalue weighted by Crippen LogP contribution is 2.45. The summed E-state index contributed by atoms with van der Waals surface area (Å²) in [5, 5.41) is 57.0. The Bertz CT molecular complexity index is 9560. The van der Waals surface area contributed by atoms with E-state index >= 15 is 0 Å². The molecule has 0 saturated heterocycles. The van der Waals surface area contributed by atoms with E-state index in [0.717, 1.165) is 77.8 Å². The van der Waals surface area contributed by atoms with E-state index in [0.29, 0.717) is 133 Å². The van der Waals surface area contributed by atoms with E-state index in [1.54, 1.807) is 66.0 Å². The van der Waals surface area contributed by atoms with Crippen LogP contribution in [0.25, 0.3) is 184 Å². The third-order valence-electron chi connectivity index (χ3n) is 24.4. The fourth-order valence-corrected chi connectivity index (χ4v) is 17.2. The van der Waals surface area contributed by atoms with E-state index in [1.165, 1.54) is 42.3 Å². The number of fused-ring (bicyclic) bond motifs is 14. The van der Waals surface area contributed by atoms with Gasteiger partial charge in [-0.15, -0.1) is 0 Å². The summed E-state index contributed by atoms with van der Waals surface area (Å²) in [5.74, 6) is -1.24. The molecule has 35 heteroatoms. The number of methoxy groups -OCH3 is 1. The van der Waals surface area contributed by atoms with Gasteiger partial charge in [-0.3, -0.25) is 15.0 Å². The first kappa shape index (κ1) is 102. The van der Waals surface area contributed by atoms with Crippen LogP contribution >= 0.6 is 46.4 Å². The van der Waals surface area contributed by atoms with Gasteiger partial charge in [-0.25, -0.2) is 101 Å². The molecule has 708 valence electrons. The molecule has 0 N–H and O–H groups in total. The molecule has 0 aliphatic rings. The molecule has 14 aromatic carbocycles. The quantitative estimate of drug-likeness (QED) is 0.0837. The number of benzene rings is 14. The van der Waals surface area contributed by atoms with Crippen molar-refractivity contribution in [3.63, 3.8) is 0 Å². The van der Waals surface area contributed by atoms with Crippen LogP contribution in [0.3, 0.4) is 0 Å². The molecule has 0 spiro atoms. The molecule has 147 heavy (non-hydrogen) atoms. The van der Waals surface area contributed by atoms with Crippen LogP contribution in [0.15, 0.2) is 121 Å². The van der Waals surface area contributed by atoms with Crippen LogP contribution < -0.4 is 4.74 Å². The van der Waals surface area contributed by atoms with Crippen LogP contribution in [0.2, 0.25) is 20.1 Å². The van der Waals surface area contributed by atoms with E-state index in [9.17, 15) is 43.9 Å². The van der Waals surface area contributed by atoms with Gasteiger partial charge in [0.1, 0.15) is 85.2 Å². The number of nitrogens with zero attached hydrogens (tertiary/aromatic N) is 26. The summed E-state index contributed by atoms with van der Waals surface area (Å²) < 4.78 is 60.9. The third-order valence-corrected chi connectivity index (χ3v) is 26.2. The smallest absolute Gasteiger partial charge is 0.232 e. The normalized spacial score (nSPS) is 10.6. The minimum Gasteiger partial charge on any atom is -0.494 e. The Kier molecular flexibility index (Phi) is 28.9. The van der Waals surface area contributed by atoms with Crippen molar-refractivity contribution in [2.75, 3.05) is 7.11 Å². The fraction of sp³-hybridized carbons (Fsp3) is 0.143. The van der Waals surface area contributed by atoms with E-state index in [2.05, 4.69) is 127 Å². The lowest BCUT2D eigenvalue weighted by atomic mass is 9.98. The molecule has 0 fully saturated rings. The summed E-state index contributed by atoms with van der Waals surface area (Å²) >= 11 is 24.3. The van der Waals surface area contributed by atoms with Crippen molar-refractivity contribution in [1.82, 2.24) is 69.8 Å². The Morgan fingerprint density at radius 3 is 1.18 bits per heavy atom. The maximum Gasteiger partial charge on any atom is 0.232 e. The number of aryl methyl sites for hydroxylation is 11. The molecule has 21 aromatic rings. The number of rotatable bonds is 1. The molecular formula is C112H68Cl4F4N26O. The highest BCUT2D eigenvalue weighted by Gasteiger charge is 2.28. The first-order valence-electron chi connectivity index (χ1n) is 44.0. The molecule has 0 saturated carbocycles. The minimum absolute atomic E-state index is 0.00364. The van der Waals surface area contributed by atoms with Crippen LogP contribution in [-0.2, 0) is 0 Å². The Labute approximate surface area is 856 Å². The lowest BCUT2D eigenvalue weighted by molar-refractivity contribution is 0.416. The second kappa shape index (κ2) is 41.6. The molecule has 0 bridgehead atoms. The lowest BCUT2D eigenvalue weighted by Gasteiger charge is -2.13. The maximum absolute atomic E-state index is 14.0. The molecule has 0 atom stereocenters. The van der Waals surface area contributed by atoms with Gasteiger partial charge in [-0.1, -0.05) is 89.2 Å². The van der Waals surface area contributed by atoms with Crippen molar-refractivity contribution in [1.29, 1.82) is 31.6 Å². The van der Waals surface area contributed by atoms with Crippen molar-refractivity contribution in [2.24, 2.45) is 0 Å². The van der Waals surface area contributed by atoms with Crippen LogP contribution in [-0.4, -0.2) is 76.9 Å². The lowest BCUT2D eigenvalue weighted by Crippen LogP contribution is -1.99. The first-order valence-corrected chi connectivity index (χ1v) is 45.5. The fourth-order valence-electron chi connectivity index (χ4n) is 16.3. The van der Waals surface area contributed by atoms with Gasteiger partial charge in [-0.2, -0.15) is 31.6 Å². The molecule has 0 aliphatic carbocycles. The van der Waals surface area contributed by atoms with Gasteiger partial charge in [0.15, 0.2) is 23.0 Å². The number of nitriles is 6. The Balaban J connectivity index is 0.000000129. The SMILES string of the molecule is COc1c(C)ccc2nc3c(C)c(C)ccc3nc12.Cc1c(F)cc2nc3c(Cl)c(C)c(F)cc3nc2c1Cl.Cc1cc(F)c2nc3c(Cl)c(C)cc(F)c3nc2c1Cl.[C-]#[N+]c1c(C)c([N+]#[C-])c2nc3c([N+]#[C-])c(C#N)c(C)c(C#N)c3nc2c1C#N.[C-]#[N+]c1c(C)ccc2nc3c(C#N)c(C)ccc3nc12.[C-]#[N+]c1cc(C)cc2nc3c(C#N)cc(C)cc3nc12.[C-]#[N+]c1cc2nc3cc(C)c(C#N)cc3nc2cc1C. The van der Waals surface area contributed by atoms with Crippen LogP contribution in [0.4, 0.5) is 51.7 Å². The van der Waals surface area contributed by atoms with E-state index < -0.39 is 23.3 Å². The monoisotopic (exact) mass is 2010 g/mol. The third kappa shape index (κ3) is 19.0. The Morgan fingerprint density at radius 2 is 0.653 bits per heavy atom. The van der Waals surface area contributed by atoms with Crippen LogP contribution in [0.1, 0.15) is 117 Å². The average Bonchev–Trinajstić information content (AvgIpc) is 0.725. The summed E-state index contributed by atoms with van der Waals surface area (Å²) in [6.45, 7) is 71.0. The Hall–Kier alpha value is -19.2. The largest absolute Gasteiger partial charge is 0.494 e. The predicted molar refractivity (Wildman–Crippen MR) is 563 cm³/mol. The summed E-state index contributed by atoms with van der Waals surface area (Å²) in [7, 11) is 1.67. The summed E-state index contributed by atoms with van der Waals surface area (Å²) in [6, 6.07) is 47.5. The second-order valence-corrected chi connectivity index (χ2v) is 35.4. The van der Waals surface area contributed by atoms with Gasteiger partial charge in [0.05, 0.1) is 223 Å². The standard InChI is InChI=1S/C20H6N8.3C16H10N4.C16H16N2O.2C14H8Cl2F2N2/c1-9-11(6-21)16(26-5)20-17(12(9)7-22)27-18-13(8-23)14(24-3)10(2)15(25-4)19(18)28-20;1-9-4-13-15(6-11(9)8-17)19-14-5-10(2)12(18-3)7-16(14)20-13;1-9-4-11(8-17)15-13(6-9)20-16-12(18-3)5-10(2)7-14(16)19-15;1-9-4-6-12-15(11(9)8-17)19-13-7-5-10(2)14(18-3)16(13)20-12;1-9-5-7-12-14(11(9)3)17-13-8-6-10(2)16(19-4)15(13)18-12;1-5-7(17)3-9-13(11(5)15)19-10-4-8(18)6(2)12(16)14(10)20-9;1-5-3-7(17)11-13(9(5)15)19-12-8(18)4-6(2)10(16)14(12)20-11/h1-2H3;3*4-7H,1-2H3;5-8H,1-4H3;2*3-4H,1-2H3. The van der Waals surface area contributed by atoms with Gasteiger partial charge < -0.3 is 4.74 Å². The molecule has 0 aliphatic heterocycles. The molecule has 7 aromatic heterocycles. The van der Waals surface area contributed by atoms with Gasteiger partial charge in [0, 0.05) is 23.3 Å². The summed E-state index contributed by atoms with van der Waals surface area (Å²) in [6.07, 6.45) is 0. The zero-order chi connectivity index (χ0) is 106. The van der Waals surface area contributed by atoms with Crippen molar-refractivity contribution >= 4 is 235 Å². The van der Waals surface area contributed by atoms with Crippen LogP contribution in [0, 0.1) is 235 Å². The van der Waals surface area contributed by atoms with Gasteiger partial charge in [-0.05, 0) is 243 Å². The van der Waals surface area contributed by atoms with Gasteiger partial charge >= 0.3 is 0 Å². The second-order valence-electron chi connectivity index (χ2n) is 33.9. The maximum atomic E-state index is 14.0. The van der Waals surface area contributed by atoms with Crippen molar-refractivity contribution in [3.8, 4) is 42.2 Å².